The van der Waals surface area contributed by atoms with Gasteiger partial charge in [0.1, 0.15) is 47.6 Å². The number of aryl methyl sites for hydroxylation is 1. The van der Waals surface area contributed by atoms with E-state index >= 15 is 0 Å². The summed E-state index contributed by atoms with van der Waals surface area (Å²) in [7, 11) is 0. The van der Waals surface area contributed by atoms with Gasteiger partial charge in [-0.3, -0.25) is 0 Å². The highest BCUT2D eigenvalue weighted by Gasteiger charge is 2.41. The molecule has 0 saturated heterocycles. The van der Waals surface area contributed by atoms with E-state index in [1.165, 1.54) is 25.1 Å². The summed E-state index contributed by atoms with van der Waals surface area (Å²) in [4.78, 5) is 0. The molecule has 0 atom stereocenters. The molecule has 248 valence electrons. The van der Waals surface area contributed by atoms with Crippen molar-refractivity contribution in [3.8, 4) is 36.4 Å². The van der Waals surface area contributed by atoms with Crippen LogP contribution in [-0.4, -0.2) is 0 Å². The zero-order valence-corrected chi connectivity index (χ0v) is 25.2. The molecule has 0 heterocycles. The Labute approximate surface area is 281 Å². The lowest BCUT2D eigenvalue weighted by molar-refractivity contribution is -0.143. The van der Waals surface area contributed by atoms with Gasteiger partial charge in [0.15, 0.2) is 0 Å². The van der Waals surface area contributed by atoms with Gasteiger partial charge in [0.05, 0.1) is 27.8 Å². The first-order valence-electron chi connectivity index (χ1n) is 13.9. The maximum Gasteiger partial charge on any atom is 0.416 e. The van der Waals surface area contributed by atoms with Gasteiger partial charge in [-0.25, -0.2) is 0 Å². The first-order valence-corrected chi connectivity index (χ1v) is 13.9. The zero-order chi connectivity index (χ0) is 37.8. The first-order chi connectivity index (χ1) is 23.9. The molecule has 0 spiro atoms. The number of hydrogen-bond acceptors (Lipinski definition) is 6. The van der Waals surface area contributed by atoms with Gasteiger partial charge in [-0.2, -0.15) is 71.1 Å². The summed E-state index contributed by atoms with van der Waals surface area (Å²) < 4.78 is 125. The van der Waals surface area contributed by atoms with E-state index in [4.69, 9.17) is 0 Å². The minimum atomic E-state index is -5.32. The van der Waals surface area contributed by atoms with Crippen molar-refractivity contribution in [2.24, 2.45) is 0 Å². The number of halogens is 9. The Morgan fingerprint density at radius 3 is 1.27 bits per heavy atom. The molecular weight excluding hydrogens is 687 g/mol. The highest BCUT2D eigenvalue weighted by atomic mass is 19.4. The van der Waals surface area contributed by atoms with E-state index in [0.29, 0.717) is 18.2 Å². The van der Waals surface area contributed by atoms with Gasteiger partial charge in [-0.1, -0.05) is 12.1 Å². The van der Waals surface area contributed by atoms with Crippen LogP contribution in [0.4, 0.5) is 39.5 Å². The average Bonchev–Trinajstić information content (AvgIpc) is 3.55. The molecule has 6 nitrogen and oxygen atoms in total. The van der Waals surface area contributed by atoms with Crippen LogP contribution < -0.4 is 0 Å². The van der Waals surface area contributed by atoms with Gasteiger partial charge in [-0.15, -0.1) is 0 Å². The molecule has 0 N–H and O–H groups in total. The number of benzene rings is 3. The molecule has 0 saturated carbocycles. The standard InChI is InChI=1S/C36H11F9N6/c1-16-2-3-17(6-29(16)36(43,44)45)30-27(14-50)23-8-24-26(9-25(23)32(30)19(10-46)11-47)33(20(12-48)13-49)31(28(24)15-51)18-4-21(34(37,38)39)7-22(5-18)35(40,41)42/h2-9H,1H3. The molecule has 15 heteroatoms. The Morgan fingerprint density at radius 1 is 0.490 bits per heavy atom. The summed E-state index contributed by atoms with van der Waals surface area (Å²) in [5.41, 5.74) is -11.2. The average molecular weight is 699 g/mol. The fraction of sp³-hybridized carbons (Fsp3) is 0.111. The molecule has 5 rings (SSSR count). The summed E-state index contributed by atoms with van der Waals surface area (Å²) in [6.07, 6.45) is -15.5. The van der Waals surface area contributed by atoms with Gasteiger partial charge in [0.25, 0.3) is 0 Å². The SMILES string of the molecule is Cc1ccc(C2=C(C#N)c3cc4c(cc3C2=C(C#N)C#N)C(=C(C#N)C#N)C(c2cc(C(F)(F)F)cc(C(F)(F)F)c2)=C4C#N)cc1C(F)(F)F. The summed E-state index contributed by atoms with van der Waals surface area (Å²) in [6, 6.07) is 15.4. The number of rotatable bonds is 2. The minimum absolute atomic E-state index is 0.158. The van der Waals surface area contributed by atoms with E-state index < -0.39 is 74.2 Å². The van der Waals surface area contributed by atoms with E-state index in [1.807, 2.05) is 6.07 Å². The lowest BCUT2D eigenvalue weighted by atomic mass is 9.88. The van der Waals surface area contributed by atoms with Gasteiger partial charge >= 0.3 is 18.5 Å². The highest BCUT2D eigenvalue weighted by Crippen LogP contribution is 2.55. The fourth-order valence-electron chi connectivity index (χ4n) is 6.00. The van der Waals surface area contributed by atoms with Gasteiger partial charge < -0.3 is 0 Å². The summed E-state index contributed by atoms with van der Waals surface area (Å²) in [6.45, 7) is 1.18. The number of alkyl halides is 9. The second-order valence-corrected chi connectivity index (χ2v) is 10.9. The van der Waals surface area contributed by atoms with Crippen LogP contribution in [-0.2, 0) is 18.5 Å². The second kappa shape index (κ2) is 12.1. The molecule has 0 fully saturated rings. The van der Waals surface area contributed by atoms with Crippen molar-refractivity contribution < 1.29 is 39.5 Å². The van der Waals surface area contributed by atoms with Crippen LogP contribution >= 0.6 is 0 Å². The van der Waals surface area contributed by atoms with Crippen molar-refractivity contribution in [2.75, 3.05) is 0 Å². The second-order valence-electron chi connectivity index (χ2n) is 10.9. The summed E-state index contributed by atoms with van der Waals surface area (Å²) in [5, 5.41) is 60.1. The van der Waals surface area contributed by atoms with Crippen molar-refractivity contribution >= 4 is 33.4 Å². The number of nitriles is 6. The quantitative estimate of drug-likeness (QED) is 0.193. The van der Waals surface area contributed by atoms with Crippen molar-refractivity contribution in [1.82, 2.24) is 0 Å². The predicted octanol–water partition coefficient (Wildman–Crippen LogP) is 9.55. The molecule has 51 heavy (non-hydrogen) atoms. The van der Waals surface area contributed by atoms with E-state index in [-0.39, 0.29) is 50.6 Å². The lowest BCUT2D eigenvalue weighted by Gasteiger charge is -2.16. The number of allylic oxidation sites excluding steroid dienone is 8. The molecule has 0 aromatic heterocycles. The summed E-state index contributed by atoms with van der Waals surface area (Å²) >= 11 is 0. The van der Waals surface area contributed by atoms with Crippen LogP contribution in [0.5, 0.6) is 0 Å². The third-order valence-electron chi connectivity index (χ3n) is 8.11. The van der Waals surface area contributed by atoms with E-state index in [1.54, 1.807) is 18.2 Å². The maximum atomic E-state index is 13.9. The van der Waals surface area contributed by atoms with Crippen molar-refractivity contribution in [1.29, 1.82) is 31.6 Å². The van der Waals surface area contributed by atoms with Crippen LogP contribution in [0.2, 0.25) is 0 Å². The molecule has 2 aliphatic rings. The smallest absolute Gasteiger partial charge is 0.192 e. The van der Waals surface area contributed by atoms with E-state index in [2.05, 4.69) is 0 Å². The molecular formula is C36H11F9N6. The van der Waals surface area contributed by atoms with Crippen LogP contribution in [0, 0.1) is 74.9 Å². The Hall–Kier alpha value is -7.07. The Balaban J connectivity index is 1.95. The Bertz CT molecular complexity index is 2430. The van der Waals surface area contributed by atoms with Crippen molar-refractivity contribution in [3.05, 3.63) is 115 Å². The van der Waals surface area contributed by atoms with Crippen LogP contribution in [0.1, 0.15) is 55.6 Å². The number of hydrogen-bond donors (Lipinski definition) is 0. The predicted molar refractivity (Wildman–Crippen MR) is 160 cm³/mol. The monoisotopic (exact) mass is 698 g/mol. The van der Waals surface area contributed by atoms with Crippen LogP contribution in [0.25, 0.3) is 33.4 Å². The third kappa shape index (κ3) is 5.74. The van der Waals surface area contributed by atoms with Crippen LogP contribution in [0.15, 0.2) is 59.7 Å². The molecule has 0 aliphatic heterocycles. The molecule has 0 bridgehead atoms. The van der Waals surface area contributed by atoms with Gasteiger partial charge in [0, 0.05) is 33.4 Å². The number of nitrogens with zero attached hydrogens (tertiary/aromatic N) is 6. The molecule has 3 aromatic carbocycles. The third-order valence-corrected chi connectivity index (χ3v) is 8.11. The van der Waals surface area contributed by atoms with Gasteiger partial charge in [-0.05, 0) is 71.1 Å². The largest absolute Gasteiger partial charge is 0.416 e. The molecule has 0 amide bonds. The lowest BCUT2D eigenvalue weighted by Crippen LogP contribution is -2.12. The molecule has 0 radical (unpaired) electrons. The van der Waals surface area contributed by atoms with E-state index in [9.17, 15) is 71.1 Å². The molecule has 2 aliphatic carbocycles. The molecule has 0 unspecified atom stereocenters. The maximum absolute atomic E-state index is 13.9. The Morgan fingerprint density at radius 2 is 0.902 bits per heavy atom. The highest BCUT2D eigenvalue weighted by molar-refractivity contribution is 6.29. The van der Waals surface area contributed by atoms with Gasteiger partial charge in [0.2, 0.25) is 0 Å². The fourth-order valence-corrected chi connectivity index (χ4v) is 6.00. The Kier molecular flexibility index (Phi) is 8.37. The summed E-state index contributed by atoms with van der Waals surface area (Å²) in [5.74, 6) is 0. The normalized spacial score (nSPS) is 13.7. The van der Waals surface area contributed by atoms with Crippen LogP contribution in [0.3, 0.4) is 0 Å². The van der Waals surface area contributed by atoms with Crippen molar-refractivity contribution in [2.45, 2.75) is 25.5 Å². The zero-order valence-electron chi connectivity index (χ0n) is 25.2. The first kappa shape index (κ1) is 35.2. The van der Waals surface area contributed by atoms with Crippen molar-refractivity contribution in [3.63, 3.8) is 0 Å². The topological polar surface area (TPSA) is 143 Å². The molecule has 3 aromatic rings. The van der Waals surface area contributed by atoms with E-state index in [0.717, 1.165) is 18.2 Å². The number of fused-ring (bicyclic) bond motifs is 2. The minimum Gasteiger partial charge on any atom is -0.192 e.